The van der Waals surface area contributed by atoms with Crippen molar-refractivity contribution in [3.05, 3.63) is 29.8 Å². The minimum Gasteiger partial charge on any atom is -0.310 e. The molecule has 0 radical (unpaired) electrons. The third-order valence-electron chi connectivity index (χ3n) is 3.43. The minimum atomic E-state index is -0.0904. The zero-order valence-corrected chi connectivity index (χ0v) is 11.5. The summed E-state index contributed by atoms with van der Waals surface area (Å²) in [6.07, 6.45) is 1.57. The quantitative estimate of drug-likeness (QED) is 0.846. The summed E-state index contributed by atoms with van der Waals surface area (Å²) in [5.74, 6) is -0.181. The van der Waals surface area contributed by atoms with E-state index in [4.69, 9.17) is 0 Å². The molecule has 1 N–H and O–H groups in total. The Morgan fingerprint density at radius 2 is 1.84 bits per heavy atom. The van der Waals surface area contributed by atoms with E-state index >= 15 is 0 Å². The lowest BCUT2D eigenvalue weighted by molar-refractivity contribution is -0.129. The summed E-state index contributed by atoms with van der Waals surface area (Å²) in [6, 6.07) is 7.74. The van der Waals surface area contributed by atoms with Crippen LogP contribution < -0.4 is 10.2 Å². The van der Waals surface area contributed by atoms with Crippen LogP contribution in [0.3, 0.4) is 0 Å². The van der Waals surface area contributed by atoms with E-state index < -0.39 is 0 Å². The number of anilines is 1. The Bertz CT molecular complexity index is 469. The number of carbonyl (C=O) groups is 2. The van der Waals surface area contributed by atoms with Crippen LogP contribution >= 0.6 is 0 Å². The number of piperidine rings is 1. The number of imide groups is 1. The molecule has 102 valence electrons. The van der Waals surface area contributed by atoms with Gasteiger partial charge >= 0.3 is 0 Å². The lowest BCUT2D eigenvalue weighted by Gasteiger charge is -2.28. The summed E-state index contributed by atoms with van der Waals surface area (Å²) < 4.78 is 0. The van der Waals surface area contributed by atoms with Crippen molar-refractivity contribution >= 4 is 17.5 Å². The molecule has 0 saturated carbocycles. The Labute approximate surface area is 113 Å². The van der Waals surface area contributed by atoms with Crippen LogP contribution in [0.2, 0.25) is 0 Å². The Morgan fingerprint density at radius 1 is 1.21 bits per heavy atom. The molecule has 0 spiro atoms. The van der Waals surface area contributed by atoms with Crippen molar-refractivity contribution in [3.63, 3.8) is 0 Å². The van der Waals surface area contributed by atoms with E-state index in [9.17, 15) is 9.59 Å². The highest BCUT2D eigenvalue weighted by Gasteiger charge is 2.29. The molecule has 0 aliphatic carbocycles. The lowest BCUT2D eigenvalue weighted by atomic mass is 10.0. The van der Waals surface area contributed by atoms with Gasteiger partial charge in [-0.25, -0.2) is 0 Å². The predicted octanol–water partition coefficient (Wildman–Crippen LogP) is 2.40. The molecule has 1 aliphatic heterocycles. The van der Waals surface area contributed by atoms with Gasteiger partial charge in [0.2, 0.25) is 11.8 Å². The van der Waals surface area contributed by atoms with Gasteiger partial charge in [0.1, 0.15) is 0 Å². The van der Waals surface area contributed by atoms with Crippen LogP contribution in [0.5, 0.6) is 0 Å². The smallest absolute Gasteiger partial charge is 0.233 e. The second kappa shape index (κ2) is 5.97. The fraction of sp³-hybridized carbons (Fsp3) is 0.467. The molecule has 4 heteroatoms. The van der Waals surface area contributed by atoms with Crippen molar-refractivity contribution in [3.8, 4) is 0 Å². The third kappa shape index (κ3) is 2.84. The van der Waals surface area contributed by atoms with Crippen LogP contribution in [-0.4, -0.2) is 18.4 Å². The van der Waals surface area contributed by atoms with Crippen molar-refractivity contribution in [1.29, 1.82) is 0 Å². The first-order valence-electron chi connectivity index (χ1n) is 6.83. The van der Waals surface area contributed by atoms with Gasteiger partial charge in [-0.15, -0.1) is 0 Å². The van der Waals surface area contributed by atoms with Gasteiger partial charge in [-0.3, -0.25) is 14.5 Å². The summed E-state index contributed by atoms with van der Waals surface area (Å²) in [4.78, 5) is 25.4. The van der Waals surface area contributed by atoms with Gasteiger partial charge in [0.05, 0.1) is 5.69 Å². The molecule has 19 heavy (non-hydrogen) atoms. The van der Waals surface area contributed by atoms with Crippen molar-refractivity contribution < 1.29 is 9.59 Å². The molecule has 0 bridgehead atoms. The number of benzene rings is 1. The summed E-state index contributed by atoms with van der Waals surface area (Å²) in [7, 11) is 0. The standard InChI is InChI=1S/C15H20N2O2/c1-3-16-11(2)12-7-4-5-8-13(12)17-14(18)9-6-10-15(17)19/h4-5,7-8,11,16H,3,6,9-10H2,1-2H3. The molecule has 1 saturated heterocycles. The van der Waals surface area contributed by atoms with Crippen LogP contribution in [0.4, 0.5) is 5.69 Å². The monoisotopic (exact) mass is 260 g/mol. The SMILES string of the molecule is CCNC(C)c1ccccc1N1C(=O)CCCC1=O. The van der Waals surface area contributed by atoms with Crippen LogP contribution in [0.1, 0.15) is 44.7 Å². The first-order valence-corrected chi connectivity index (χ1v) is 6.83. The normalized spacial score (nSPS) is 17.7. The maximum atomic E-state index is 12.0. The van der Waals surface area contributed by atoms with Crippen LogP contribution in [0.25, 0.3) is 0 Å². The highest BCUT2D eigenvalue weighted by atomic mass is 16.2. The first-order chi connectivity index (χ1) is 9.15. The second-order valence-electron chi connectivity index (χ2n) is 4.81. The van der Waals surface area contributed by atoms with Gasteiger partial charge in [0.25, 0.3) is 0 Å². The number of carbonyl (C=O) groups excluding carboxylic acids is 2. The number of amides is 2. The molecule has 1 fully saturated rings. The minimum absolute atomic E-state index is 0.0904. The lowest BCUT2D eigenvalue weighted by Crippen LogP contribution is -2.41. The molecule has 1 heterocycles. The average Bonchev–Trinajstić information content (AvgIpc) is 2.39. The van der Waals surface area contributed by atoms with Gasteiger partial charge < -0.3 is 5.32 Å². The molecule has 1 atom stereocenters. The molecular formula is C15H20N2O2. The molecule has 1 unspecified atom stereocenters. The number of para-hydroxylation sites is 1. The van der Waals surface area contributed by atoms with Gasteiger partial charge in [-0.05, 0) is 31.5 Å². The van der Waals surface area contributed by atoms with E-state index in [1.807, 2.05) is 38.1 Å². The number of nitrogens with zero attached hydrogens (tertiary/aromatic N) is 1. The Kier molecular flexibility index (Phi) is 4.32. The zero-order chi connectivity index (χ0) is 13.8. The van der Waals surface area contributed by atoms with Gasteiger partial charge in [0.15, 0.2) is 0 Å². The highest BCUT2D eigenvalue weighted by molar-refractivity contribution is 6.16. The summed E-state index contributed by atoms with van der Waals surface area (Å²) in [6.45, 7) is 4.93. The highest BCUT2D eigenvalue weighted by Crippen LogP contribution is 2.29. The fourth-order valence-corrected chi connectivity index (χ4v) is 2.50. The van der Waals surface area contributed by atoms with E-state index in [0.717, 1.165) is 17.8 Å². The van der Waals surface area contributed by atoms with Crippen molar-refractivity contribution in [2.75, 3.05) is 11.4 Å². The van der Waals surface area contributed by atoms with Gasteiger partial charge in [-0.2, -0.15) is 0 Å². The molecule has 0 aromatic heterocycles. The first kappa shape index (κ1) is 13.7. The van der Waals surface area contributed by atoms with E-state index in [0.29, 0.717) is 19.3 Å². The number of nitrogens with one attached hydrogen (secondary N) is 1. The number of rotatable bonds is 4. The molecule has 1 aliphatic rings. The van der Waals surface area contributed by atoms with Crippen molar-refractivity contribution in [1.82, 2.24) is 5.32 Å². The Hall–Kier alpha value is -1.68. The molecule has 1 aromatic carbocycles. The summed E-state index contributed by atoms with van der Waals surface area (Å²) >= 11 is 0. The molecule has 1 aromatic rings. The maximum absolute atomic E-state index is 12.0. The summed E-state index contributed by atoms with van der Waals surface area (Å²) in [5, 5.41) is 3.32. The predicted molar refractivity (Wildman–Crippen MR) is 74.9 cm³/mol. The van der Waals surface area contributed by atoms with Crippen molar-refractivity contribution in [2.24, 2.45) is 0 Å². The van der Waals surface area contributed by atoms with E-state index in [1.165, 1.54) is 4.90 Å². The number of hydrogen-bond donors (Lipinski definition) is 1. The van der Waals surface area contributed by atoms with Gasteiger partial charge in [-0.1, -0.05) is 25.1 Å². The number of hydrogen-bond acceptors (Lipinski definition) is 3. The second-order valence-corrected chi connectivity index (χ2v) is 4.81. The van der Waals surface area contributed by atoms with E-state index in [-0.39, 0.29) is 17.9 Å². The van der Waals surface area contributed by atoms with Crippen LogP contribution in [-0.2, 0) is 9.59 Å². The van der Waals surface area contributed by atoms with Crippen molar-refractivity contribution in [2.45, 2.75) is 39.2 Å². The molecule has 4 nitrogen and oxygen atoms in total. The molecular weight excluding hydrogens is 240 g/mol. The molecule has 2 amide bonds. The van der Waals surface area contributed by atoms with E-state index in [1.54, 1.807) is 0 Å². The summed E-state index contributed by atoms with van der Waals surface area (Å²) in [5.41, 5.74) is 1.72. The zero-order valence-electron chi connectivity index (χ0n) is 11.5. The van der Waals surface area contributed by atoms with Crippen LogP contribution in [0, 0.1) is 0 Å². The average molecular weight is 260 g/mol. The van der Waals surface area contributed by atoms with E-state index in [2.05, 4.69) is 5.32 Å². The maximum Gasteiger partial charge on any atom is 0.233 e. The van der Waals surface area contributed by atoms with Crippen LogP contribution in [0.15, 0.2) is 24.3 Å². The molecule has 2 rings (SSSR count). The Balaban J connectivity index is 2.38. The van der Waals surface area contributed by atoms with Gasteiger partial charge in [0, 0.05) is 18.9 Å². The largest absolute Gasteiger partial charge is 0.310 e. The third-order valence-corrected chi connectivity index (χ3v) is 3.43. The Morgan fingerprint density at radius 3 is 2.47 bits per heavy atom. The topological polar surface area (TPSA) is 49.4 Å². The fourth-order valence-electron chi connectivity index (χ4n) is 2.50.